The number of H-pyrrole nitrogens is 1. The highest BCUT2D eigenvalue weighted by Gasteiger charge is 2.19. The average molecular weight is 391 g/mol. The number of benzene rings is 1. The summed E-state index contributed by atoms with van der Waals surface area (Å²) >= 11 is 12.2. The van der Waals surface area contributed by atoms with Crippen LogP contribution in [0.15, 0.2) is 36.8 Å². The second-order valence-electron chi connectivity index (χ2n) is 5.36. The van der Waals surface area contributed by atoms with E-state index >= 15 is 0 Å². The molecule has 0 aliphatic heterocycles. The lowest BCUT2D eigenvalue weighted by atomic mass is 10.1. The van der Waals surface area contributed by atoms with Gasteiger partial charge in [0, 0.05) is 34.6 Å². The fourth-order valence-electron chi connectivity index (χ4n) is 2.25. The van der Waals surface area contributed by atoms with E-state index in [4.69, 9.17) is 33.7 Å². The zero-order chi connectivity index (χ0) is 18.7. The summed E-state index contributed by atoms with van der Waals surface area (Å²) in [5, 5.41) is 6.70. The standard InChI is InChI=1S/C18H13Cl2FN4O/c1-10(16-13(19)4-5-14(21)17(16)20)26-15-6-11(7-23-18(15)22)2-3-12-8-24-25-9-12/h4-10H,1H3,(H2,22,23)(H,24,25). The number of halogens is 3. The summed E-state index contributed by atoms with van der Waals surface area (Å²) in [4.78, 5) is 4.07. The number of nitrogens with one attached hydrogen (secondary N) is 1. The quantitative estimate of drug-likeness (QED) is 0.514. The van der Waals surface area contributed by atoms with Crippen LogP contribution >= 0.6 is 23.2 Å². The zero-order valence-corrected chi connectivity index (χ0v) is 15.1. The van der Waals surface area contributed by atoms with E-state index in [0.29, 0.717) is 21.9 Å². The number of aromatic amines is 1. The van der Waals surface area contributed by atoms with Crippen LogP contribution in [0.5, 0.6) is 5.75 Å². The molecule has 3 rings (SSSR count). The predicted octanol–water partition coefficient (Wildman–Crippen LogP) is 4.37. The molecule has 0 aliphatic rings. The number of rotatable bonds is 3. The molecule has 0 saturated heterocycles. The van der Waals surface area contributed by atoms with Crippen molar-refractivity contribution in [2.24, 2.45) is 0 Å². The number of ether oxygens (including phenoxy) is 1. The Morgan fingerprint density at radius 3 is 2.73 bits per heavy atom. The van der Waals surface area contributed by atoms with Gasteiger partial charge >= 0.3 is 0 Å². The summed E-state index contributed by atoms with van der Waals surface area (Å²) in [6.07, 6.45) is 4.16. The molecular weight excluding hydrogens is 378 g/mol. The van der Waals surface area contributed by atoms with E-state index in [1.54, 1.807) is 25.4 Å². The third-order valence-corrected chi connectivity index (χ3v) is 4.23. The second-order valence-corrected chi connectivity index (χ2v) is 6.15. The molecule has 0 aliphatic carbocycles. The SMILES string of the molecule is CC(Oc1cc(C#Cc2cn[nH]c2)cnc1N)c1c(Cl)ccc(F)c1Cl. The minimum atomic E-state index is -0.646. The first-order chi connectivity index (χ1) is 12.5. The van der Waals surface area contributed by atoms with Crippen molar-refractivity contribution in [2.75, 3.05) is 5.73 Å². The fraction of sp³-hybridized carbons (Fsp3) is 0.111. The van der Waals surface area contributed by atoms with Crippen molar-refractivity contribution >= 4 is 29.0 Å². The maximum atomic E-state index is 13.7. The molecule has 1 atom stereocenters. The van der Waals surface area contributed by atoms with Gasteiger partial charge < -0.3 is 10.5 Å². The molecule has 8 heteroatoms. The molecule has 3 N–H and O–H groups in total. The van der Waals surface area contributed by atoms with Gasteiger partial charge in [-0.3, -0.25) is 5.10 Å². The summed E-state index contributed by atoms with van der Waals surface area (Å²) in [6.45, 7) is 1.69. The lowest BCUT2D eigenvalue weighted by molar-refractivity contribution is 0.227. The van der Waals surface area contributed by atoms with Gasteiger partial charge in [0.05, 0.1) is 16.8 Å². The number of nitrogen functional groups attached to an aromatic ring is 1. The fourth-order valence-corrected chi connectivity index (χ4v) is 2.92. The molecule has 1 unspecified atom stereocenters. The first-order valence-electron chi connectivity index (χ1n) is 7.52. The number of aromatic nitrogens is 3. The van der Waals surface area contributed by atoms with Crippen molar-refractivity contribution in [3.05, 3.63) is 69.3 Å². The molecule has 132 valence electrons. The van der Waals surface area contributed by atoms with Crippen molar-refractivity contribution < 1.29 is 9.13 Å². The van der Waals surface area contributed by atoms with Crippen molar-refractivity contribution in [1.82, 2.24) is 15.2 Å². The third-order valence-electron chi connectivity index (χ3n) is 3.52. The number of nitrogens with two attached hydrogens (primary N) is 1. The van der Waals surface area contributed by atoms with Gasteiger partial charge in [0.25, 0.3) is 0 Å². The van der Waals surface area contributed by atoms with E-state index in [1.807, 2.05) is 0 Å². The molecule has 0 fully saturated rings. The predicted molar refractivity (Wildman–Crippen MR) is 98.7 cm³/mol. The van der Waals surface area contributed by atoms with E-state index in [9.17, 15) is 4.39 Å². The molecule has 0 saturated carbocycles. The topological polar surface area (TPSA) is 76.8 Å². The summed E-state index contributed by atoms with van der Waals surface area (Å²) in [5.41, 5.74) is 7.54. The maximum absolute atomic E-state index is 13.7. The molecule has 2 heterocycles. The highest BCUT2D eigenvalue weighted by atomic mass is 35.5. The normalized spacial score (nSPS) is 11.5. The molecule has 0 spiro atoms. The second kappa shape index (κ2) is 7.65. The van der Waals surface area contributed by atoms with Crippen LogP contribution in [0.25, 0.3) is 0 Å². The molecule has 3 aromatic rings. The Hall–Kier alpha value is -2.75. The van der Waals surface area contributed by atoms with Gasteiger partial charge in [-0.05, 0) is 19.1 Å². The van der Waals surface area contributed by atoms with Crippen molar-refractivity contribution in [3.8, 4) is 17.6 Å². The van der Waals surface area contributed by atoms with Crippen molar-refractivity contribution in [1.29, 1.82) is 0 Å². The van der Waals surface area contributed by atoms with Crippen LogP contribution in [0.2, 0.25) is 10.0 Å². The Kier molecular flexibility index (Phi) is 5.31. The van der Waals surface area contributed by atoms with Gasteiger partial charge in [-0.15, -0.1) is 0 Å². The number of pyridine rings is 1. The number of hydrogen-bond acceptors (Lipinski definition) is 4. The first-order valence-corrected chi connectivity index (χ1v) is 8.27. The van der Waals surface area contributed by atoms with Gasteiger partial charge in [-0.1, -0.05) is 35.0 Å². The van der Waals surface area contributed by atoms with Crippen LogP contribution in [0.1, 0.15) is 29.7 Å². The molecule has 0 bridgehead atoms. The van der Waals surface area contributed by atoms with Gasteiger partial charge in [0.1, 0.15) is 11.9 Å². The van der Waals surface area contributed by atoms with Crippen LogP contribution in [0, 0.1) is 17.7 Å². The smallest absolute Gasteiger partial charge is 0.166 e. The minimum Gasteiger partial charge on any atom is -0.482 e. The number of nitrogens with zero attached hydrogens (tertiary/aromatic N) is 2. The van der Waals surface area contributed by atoms with E-state index < -0.39 is 11.9 Å². The van der Waals surface area contributed by atoms with Crippen LogP contribution in [0.3, 0.4) is 0 Å². The Morgan fingerprint density at radius 1 is 1.23 bits per heavy atom. The lowest BCUT2D eigenvalue weighted by Crippen LogP contribution is -2.08. The molecule has 0 radical (unpaired) electrons. The van der Waals surface area contributed by atoms with Gasteiger partial charge in [0.2, 0.25) is 0 Å². The molecular formula is C18H13Cl2FN4O. The van der Waals surface area contributed by atoms with E-state index in [-0.39, 0.29) is 10.8 Å². The maximum Gasteiger partial charge on any atom is 0.166 e. The van der Waals surface area contributed by atoms with E-state index in [1.165, 1.54) is 18.3 Å². The summed E-state index contributed by atoms with van der Waals surface area (Å²) in [7, 11) is 0. The molecule has 26 heavy (non-hydrogen) atoms. The van der Waals surface area contributed by atoms with Crippen molar-refractivity contribution in [3.63, 3.8) is 0 Å². The number of anilines is 1. The third kappa shape index (κ3) is 3.90. The van der Waals surface area contributed by atoms with Crippen LogP contribution in [-0.2, 0) is 0 Å². The minimum absolute atomic E-state index is 0.0903. The highest BCUT2D eigenvalue weighted by Crippen LogP contribution is 2.35. The van der Waals surface area contributed by atoms with Gasteiger partial charge in [0.15, 0.2) is 11.6 Å². The molecule has 0 amide bonds. The Morgan fingerprint density at radius 2 is 2.00 bits per heavy atom. The Labute approximate surface area is 159 Å². The van der Waals surface area contributed by atoms with Crippen LogP contribution < -0.4 is 10.5 Å². The van der Waals surface area contributed by atoms with E-state index in [0.717, 1.165) is 5.56 Å². The molecule has 5 nitrogen and oxygen atoms in total. The number of hydrogen-bond donors (Lipinski definition) is 2. The van der Waals surface area contributed by atoms with Gasteiger partial charge in [-0.25, -0.2) is 9.37 Å². The highest BCUT2D eigenvalue weighted by molar-refractivity contribution is 6.36. The van der Waals surface area contributed by atoms with E-state index in [2.05, 4.69) is 27.0 Å². The molecule has 1 aromatic carbocycles. The van der Waals surface area contributed by atoms with Crippen LogP contribution in [0.4, 0.5) is 10.2 Å². The Bertz CT molecular complexity index is 996. The summed E-state index contributed by atoms with van der Waals surface area (Å²) in [5.74, 6) is 5.76. The zero-order valence-electron chi connectivity index (χ0n) is 13.6. The first kappa shape index (κ1) is 18.1. The monoisotopic (exact) mass is 390 g/mol. The van der Waals surface area contributed by atoms with Crippen molar-refractivity contribution in [2.45, 2.75) is 13.0 Å². The molecule has 2 aromatic heterocycles. The largest absolute Gasteiger partial charge is 0.482 e. The average Bonchev–Trinajstić information content (AvgIpc) is 3.13. The Balaban J connectivity index is 1.88. The van der Waals surface area contributed by atoms with Gasteiger partial charge in [-0.2, -0.15) is 5.10 Å². The lowest BCUT2D eigenvalue weighted by Gasteiger charge is -2.18. The van der Waals surface area contributed by atoms with Crippen LogP contribution in [-0.4, -0.2) is 15.2 Å². The summed E-state index contributed by atoms with van der Waals surface area (Å²) in [6, 6.07) is 4.27. The summed E-state index contributed by atoms with van der Waals surface area (Å²) < 4.78 is 19.5.